The molecule has 1 fully saturated rings. The number of imidazole rings is 1. The first-order valence-corrected chi connectivity index (χ1v) is 10.5. The molecule has 1 aromatic heterocycles. The second-order valence-electron chi connectivity index (χ2n) is 8.00. The molecule has 0 spiro atoms. The molecule has 1 atom stereocenters. The van der Waals surface area contributed by atoms with Crippen LogP contribution in [0.4, 0.5) is 0 Å². The first-order valence-electron chi connectivity index (χ1n) is 10.5. The first-order chi connectivity index (χ1) is 13.6. The Bertz CT molecular complexity index is 940. The summed E-state index contributed by atoms with van der Waals surface area (Å²) in [6.07, 6.45) is 3.57. The predicted octanol–water partition coefficient (Wildman–Crippen LogP) is 5.28. The van der Waals surface area contributed by atoms with E-state index in [1.165, 1.54) is 48.4 Å². The molecular weight excluding hydrogens is 346 g/mol. The van der Waals surface area contributed by atoms with Crippen LogP contribution in [0, 0.1) is 13.8 Å². The molecule has 0 saturated carbocycles. The summed E-state index contributed by atoms with van der Waals surface area (Å²) in [5, 5.41) is 0. The lowest BCUT2D eigenvalue weighted by molar-refractivity contribution is 0.245. The number of hydrogen-bond acceptors (Lipinski definition) is 3. The summed E-state index contributed by atoms with van der Waals surface area (Å²) >= 11 is 0. The minimum absolute atomic E-state index is 0.356. The Balaban J connectivity index is 1.49. The molecule has 4 heteroatoms. The number of rotatable bonds is 7. The van der Waals surface area contributed by atoms with Crippen molar-refractivity contribution >= 4 is 11.0 Å². The van der Waals surface area contributed by atoms with Crippen molar-refractivity contribution in [3.8, 4) is 5.75 Å². The number of nitrogens with zero attached hydrogens (tertiary/aromatic N) is 3. The molecule has 1 saturated heterocycles. The quantitative estimate of drug-likeness (QED) is 0.525. The van der Waals surface area contributed by atoms with E-state index in [0.29, 0.717) is 12.6 Å². The van der Waals surface area contributed by atoms with Crippen molar-refractivity contribution in [1.29, 1.82) is 0 Å². The average molecular weight is 378 g/mol. The molecule has 0 radical (unpaired) electrons. The fraction of sp³-hybridized carbons (Fsp3) is 0.458. The maximum atomic E-state index is 6.08. The maximum absolute atomic E-state index is 6.08. The highest BCUT2D eigenvalue weighted by atomic mass is 16.5. The van der Waals surface area contributed by atoms with Gasteiger partial charge in [0.2, 0.25) is 0 Å². The van der Waals surface area contributed by atoms with Crippen LogP contribution in [-0.4, -0.2) is 34.1 Å². The van der Waals surface area contributed by atoms with Gasteiger partial charge in [0, 0.05) is 6.54 Å². The highest BCUT2D eigenvalue weighted by Crippen LogP contribution is 2.28. The fourth-order valence-corrected chi connectivity index (χ4v) is 4.21. The zero-order valence-corrected chi connectivity index (χ0v) is 17.3. The average Bonchev–Trinajstić information content (AvgIpc) is 3.35. The van der Waals surface area contributed by atoms with Gasteiger partial charge in [-0.3, -0.25) is 4.90 Å². The van der Waals surface area contributed by atoms with Gasteiger partial charge in [-0.25, -0.2) is 4.98 Å². The predicted molar refractivity (Wildman–Crippen MR) is 115 cm³/mol. The van der Waals surface area contributed by atoms with Crippen LogP contribution >= 0.6 is 0 Å². The molecule has 0 aliphatic carbocycles. The van der Waals surface area contributed by atoms with Gasteiger partial charge in [-0.2, -0.15) is 0 Å². The summed E-state index contributed by atoms with van der Waals surface area (Å²) in [7, 11) is 0. The smallest absolute Gasteiger partial charge is 0.127 e. The third kappa shape index (κ3) is 3.93. The molecule has 1 unspecified atom stereocenters. The van der Waals surface area contributed by atoms with E-state index < -0.39 is 0 Å². The number of aryl methyl sites for hydroxylation is 3. The lowest BCUT2D eigenvalue weighted by Crippen LogP contribution is -2.26. The standard InChI is InChI=1S/C24H31N3O/c1-18-11-12-19(2)23(17-18)28-16-8-15-27-22-10-5-4-9-21(22)25-24(27)20(3)26-13-6-7-14-26/h4-5,9-12,17,20H,6-8,13-16H2,1-3H3. The Morgan fingerprint density at radius 1 is 1.07 bits per heavy atom. The second kappa shape index (κ2) is 8.36. The molecular formula is C24H31N3O. The third-order valence-corrected chi connectivity index (χ3v) is 5.87. The normalized spacial score (nSPS) is 16.0. The van der Waals surface area contributed by atoms with Gasteiger partial charge in [0.25, 0.3) is 0 Å². The molecule has 2 heterocycles. The van der Waals surface area contributed by atoms with Gasteiger partial charge in [-0.1, -0.05) is 24.3 Å². The monoisotopic (exact) mass is 377 g/mol. The van der Waals surface area contributed by atoms with Crippen molar-refractivity contribution < 1.29 is 4.74 Å². The van der Waals surface area contributed by atoms with E-state index in [1.807, 2.05) is 0 Å². The zero-order chi connectivity index (χ0) is 19.5. The van der Waals surface area contributed by atoms with E-state index in [9.17, 15) is 0 Å². The molecule has 0 N–H and O–H groups in total. The fourth-order valence-electron chi connectivity index (χ4n) is 4.21. The highest BCUT2D eigenvalue weighted by Gasteiger charge is 2.24. The molecule has 3 aromatic rings. The summed E-state index contributed by atoms with van der Waals surface area (Å²) in [6, 6.07) is 15.2. The topological polar surface area (TPSA) is 30.3 Å². The Hall–Kier alpha value is -2.33. The number of ether oxygens (including phenoxy) is 1. The summed E-state index contributed by atoms with van der Waals surface area (Å²) < 4.78 is 8.49. The zero-order valence-electron chi connectivity index (χ0n) is 17.3. The minimum Gasteiger partial charge on any atom is -0.493 e. The van der Waals surface area contributed by atoms with Crippen LogP contribution in [0.2, 0.25) is 0 Å². The summed E-state index contributed by atoms with van der Waals surface area (Å²) in [5.74, 6) is 2.19. The van der Waals surface area contributed by atoms with Crippen molar-refractivity contribution in [2.75, 3.05) is 19.7 Å². The Morgan fingerprint density at radius 3 is 2.68 bits per heavy atom. The Morgan fingerprint density at radius 2 is 1.86 bits per heavy atom. The minimum atomic E-state index is 0.356. The van der Waals surface area contributed by atoms with Crippen LogP contribution in [0.1, 0.15) is 49.2 Å². The van der Waals surface area contributed by atoms with Gasteiger partial charge in [-0.05, 0) is 82.4 Å². The number of para-hydroxylation sites is 2. The van der Waals surface area contributed by atoms with Crippen LogP contribution < -0.4 is 4.74 Å². The van der Waals surface area contributed by atoms with E-state index in [0.717, 1.165) is 24.2 Å². The lowest BCUT2D eigenvalue weighted by atomic mass is 10.1. The number of aromatic nitrogens is 2. The molecule has 2 aromatic carbocycles. The molecule has 1 aliphatic heterocycles. The number of hydrogen-bond donors (Lipinski definition) is 0. The maximum Gasteiger partial charge on any atom is 0.127 e. The van der Waals surface area contributed by atoms with Gasteiger partial charge >= 0.3 is 0 Å². The van der Waals surface area contributed by atoms with Gasteiger partial charge in [-0.15, -0.1) is 0 Å². The molecule has 1 aliphatic rings. The van der Waals surface area contributed by atoms with E-state index >= 15 is 0 Å². The summed E-state index contributed by atoms with van der Waals surface area (Å²) in [4.78, 5) is 7.56. The van der Waals surface area contributed by atoms with E-state index in [4.69, 9.17) is 9.72 Å². The lowest BCUT2D eigenvalue weighted by Gasteiger charge is -2.24. The number of fused-ring (bicyclic) bond motifs is 1. The van der Waals surface area contributed by atoms with Gasteiger partial charge in [0.1, 0.15) is 11.6 Å². The van der Waals surface area contributed by atoms with E-state index in [2.05, 4.69) is 72.7 Å². The molecule has 28 heavy (non-hydrogen) atoms. The van der Waals surface area contributed by atoms with E-state index in [-0.39, 0.29) is 0 Å². The van der Waals surface area contributed by atoms with E-state index in [1.54, 1.807) is 0 Å². The Labute approximate surface area is 168 Å². The number of benzene rings is 2. The third-order valence-electron chi connectivity index (χ3n) is 5.87. The van der Waals surface area contributed by atoms with Crippen LogP contribution in [0.25, 0.3) is 11.0 Å². The highest BCUT2D eigenvalue weighted by molar-refractivity contribution is 5.76. The van der Waals surface area contributed by atoms with Crippen molar-refractivity contribution in [2.24, 2.45) is 0 Å². The Kier molecular flexibility index (Phi) is 5.67. The molecule has 0 amide bonds. The summed E-state index contributed by atoms with van der Waals surface area (Å²) in [5.41, 5.74) is 4.76. The van der Waals surface area contributed by atoms with Gasteiger partial charge in [0.15, 0.2) is 0 Å². The molecule has 148 valence electrons. The SMILES string of the molecule is Cc1ccc(C)c(OCCCn2c(C(C)N3CCCC3)nc3ccccc32)c1. The van der Waals surface area contributed by atoms with Crippen LogP contribution in [0.5, 0.6) is 5.75 Å². The first kappa shape index (κ1) is 19.0. The van der Waals surface area contributed by atoms with Crippen molar-refractivity contribution in [2.45, 2.75) is 52.6 Å². The molecule has 4 nitrogen and oxygen atoms in total. The van der Waals surface area contributed by atoms with Crippen molar-refractivity contribution in [3.63, 3.8) is 0 Å². The molecule has 0 bridgehead atoms. The van der Waals surface area contributed by atoms with Gasteiger partial charge < -0.3 is 9.30 Å². The van der Waals surface area contributed by atoms with Crippen LogP contribution in [-0.2, 0) is 6.54 Å². The van der Waals surface area contributed by atoms with Gasteiger partial charge in [0.05, 0.1) is 23.7 Å². The van der Waals surface area contributed by atoms with Crippen LogP contribution in [0.15, 0.2) is 42.5 Å². The summed E-state index contributed by atoms with van der Waals surface area (Å²) in [6.45, 7) is 10.5. The largest absolute Gasteiger partial charge is 0.493 e. The molecule has 4 rings (SSSR count). The van der Waals surface area contributed by atoms with Crippen molar-refractivity contribution in [3.05, 3.63) is 59.4 Å². The van der Waals surface area contributed by atoms with Crippen LogP contribution in [0.3, 0.4) is 0 Å². The number of likely N-dealkylation sites (tertiary alicyclic amines) is 1. The van der Waals surface area contributed by atoms with Crippen molar-refractivity contribution in [1.82, 2.24) is 14.5 Å². The second-order valence-corrected chi connectivity index (χ2v) is 8.00.